The van der Waals surface area contributed by atoms with Crippen LogP contribution in [0.1, 0.15) is 35.9 Å². The van der Waals surface area contributed by atoms with Gasteiger partial charge in [0.25, 0.3) is 0 Å². The van der Waals surface area contributed by atoms with Gasteiger partial charge in [-0.3, -0.25) is 4.79 Å². The third-order valence-electron chi connectivity index (χ3n) is 5.81. The number of aromatic nitrogens is 2. The number of hydrogen-bond donors (Lipinski definition) is 0. The van der Waals surface area contributed by atoms with Crippen molar-refractivity contribution in [3.8, 4) is 17.1 Å². The van der Waals surface area contributed by atoms with Gasteiger partial charge in [-0.15, -0.1) is 0 Å². The van der Waals surface area contributed by atoms with Crippen LogP contribution in [-0.2, 0) is 17.9 Å². The van der Waals surface area contributed by atoms with Crippen molar-refractivity contribution in [1.29, 1.82) is 0 Å². The van der Waals surface area contributed by atoms with Gasteiger partial charge < -0.3 is 14.2 Å². The lowest BCUT2D eigenvalue weighted by molar-refractivity contribution is -0.130. The standard InChI is InChI=1S/C26H21ClFN3O3/c27-21-7-4-8-22(28)20(21)15-31-23(13-14-24(31)32)26-29-25(30-34-26)18-9-11-19(12-10-18)33-16-17-5-2-1-3-6-17/h1-12,23H,13-16H2. The Labute approximate surface area is 200 Å². The minimum absolute atomic E-state index is 0.0418. The van der Waals surface area contributed by atoms with E-state index in [-0.39, 0.29) is 23.0 Å². The molecule has 0 radical (unpaired) electrons. The maximum absolute atomic E-state index is 14.3. The van der Waals surface area contributed by atoms with Gasteiger partial charge in [0.05, 0.1) is 6.54 Å². The number of carbonyl (C=O) groups is 1. The summed E-state index contributed by atoms with van der Waals surface area (Å²) in [6.07, 6.45) is 0.834. The molecule has 1 saturated heterocycles. The first-order valence-corrected chi connectivity index (χ1v) is 11.3. The van der Waals surface area contributed by atoms with E-state index in [4.69, 9.17) is 20.9 Å². The SMILES string of the molecule is O=C1CCC(c2nc(-c3ccc(OCc4ccccc4)cc3)no2)N1Cc1c(F)cccc1Cl. The summed E-state index contributed by atoms with van der Waals surface area (Å²) in [5.74, 6) is 0.895. The molecule has 172 valence electrons. The molecular formula is C26H21ClFN3O3. The molecule has 0 spiro atoms. The Hall–Kier alpha value is -3.71. The Kier molecular flexibility index (Phi) is 6.27. The molecule has 0 saturated carbocycles. The van der Waals surface area contributed by atoms with Crippen molar-refractivity contribution < 1.29 is 18.4 Å². The molecule has 5 rings (SSSR count). The maximum atomic E-state index is 14.3. The van der Waals surface area contributed by atoms with Crippen molar-refractivity contribution in [3.05, 3.63) is 101 Å². The molecule has 1 atom stereocenters. The Bertz CT molecular complexity index is 1270. The number of nitrogens with zero attached hydrogens (tertiary/aromatic N) is 3. The summed E-state index contributed by atoms with van der Waals surface area (Å²) in [7, 11) is 0. The summed E-state index contributed by atoms with van der Waals surface area (Å²) in [4.78, 5) is 18.6. The van der Waals surface area contributed by atoms with E-state index < -0.39 is 11.9 Å². The van der Waals surface area contributed by atoms with Gasteiger partial charge in [-0.05, 0) is 48.4 Å². The van der Waals surface area contributed by atoms with Gasteiger partial charge in [-0.1, -0.05) is 53.2 Å². The minimum atomic E-state index is -0.452. The molecule has 4 aromatic rings. The summed E-state index contributed by atoms with van der Waals surface area (Å²) < 4.78 is 25.6. The van der Waals surface area contributed by atoms with Gasteiger partial charge in [0.15, 0.2) is 0 Å². The summed E-state index contributed by atoms with van der Waals surface area (Å²) in [6, 6.07) is 21.4. The molecule has 34 heavy (non-hydrogen) atoms. The summed E-state index contributed by atoms with van der Waals surface area (Å²) in [5, 5.41) is 4.37. The zero-order chi connectivity index (χ0) is 23.5. The molecule has 3 aromatic carbocycles. The number of benzene rings is 3. The largest absolute Gasteiger partial charge is 0.489 e. The van der Waals surface area contributed by atoms with Crippen LogP contribution in [0.4, 0.5) is 4.39 Å². The average molecular weight is 478 g/mol. The quantitative estimate of drug-likeness (QED) is 0.328. The van der Waals surface area contributed by atoms with Crippen LogP contribution in [0.3, 0.4) is 0 Å². The number of likely N-dealkylation sites (tertiary alicyclic amines) is 1. The molecule has 1 amide bonds. The second kappa shape index (κ2) is 9.65. The van der Waals surface area contributed by atoms with Crippen LogP contribution in [-0.4, -0.2) is 20.9 Å². The van der Waals surface area contributed by atoms with E-state index in [0.717, 1.165) is 16.9 Å². The highest BCUT2D eigenvalue weighted by Gasteiger charge is 2.36. The third-order valence-corrected chi connectivity index (χ3v) is 6.16. The van der Waals surface area contributed by atoms with Crippen molar-refractivity contribution in [2.45, 2.75) is 32.0 Å². The minimum Gasteiger partial charge on any atom is -0.489 e. The van der Waals surface area contributed by atoms with Crippen LogP contribution in [0, 0.1) is 5.82 Å². The zero-order valence-electron chi connectivity index (χ0n) is 18.2. The van der Waals surface area contributed by atoms with Gasteiger partial charge in [-0.2, -0.15) is 4.98 Å². The predicted molar refractivity (Wildman–Crippen MR) is 124 cm³/mol. The van der Waals surface area contributed by atoms with E-state index in [1.54, 1.807) is 11.0 Å². The van der Waals surface area contributed by atoms with E-state index in [2.05, 4.69) is 10.1 Å². The van der Waals surface area contributed by atoms with Crippen molar-refractivity contribution in [3.63, 3.8) is 0 Å². The van der Waals surface area contributed by atoms with Crippen LogP contribution in [0.25, 0.3) is 11.4 Å². The molecule has 0 N–H and O–H groups in total. The highest BCUT2D eigenvalue weighted by Crippen LogP contribution is 2.35. The topological polar surface area (TPSA) is 68.5 Å². The predicted octanol–water partition coefficient (Wildman–Crippen LogP) is 5.97. The number of hydrogen-bond acceptors (Lipinski definition) is 5. The van der Waals surface area contributed by atoms with E-state index in [9.17, 15) is 9.18 Å². The van der Waals surface area contributed by atoms with Crippen LogP contribution >= 0.6 is 11.6 Å². The van der Waals surface area contributed by atoms with Gasteiger partial charge in [0.2, 0.25) is 17.6 Å². The normalized spacial score (nSPS) is 15.6. The zero-order valence-corrected chi connectivity index (χ0v) is 18.9. The fourth-order valence-corrected chi connectivity index (χ4v) is 4.19. The second-order valence-electron chi connectivity index (χ2n) is 8.03. The van der Waals surface area contributed by atoms with Crippen LogP contribution in [0.5, 0.6) is 5.75 Å². The van der Waals surface area contributed by atoms with E-state index in [1.165, 1.54) is 12.1 Å². The molecule has 2 heterocycles. The average Bonchev–Trinajstić information content (AvgIpc) is 3.48. The molecule has 1 unspecified atom stereocenters. The Morgan fingerprint density at radius 1 is 1.06 bits per heavy atom. The van der Waals surface area contributed by atoms with Gasteiger partial charge in [0, 0.05) is 22.6 Å². The number of rotatable bonds is 7. The van der Waals surface area contributed by atoms with Crippen LogP contribution in [0.15, 0.2) is 77.3 Å². The van der Waals surface area contributed by atoms with Gasteiger partial charge in [-0.25, -0.2) is 4.39 Å². The molecule has 0 aliphatic carbocycles. The molecule has 8 heteroatoms. The van der Waals surface area contributed by atoms with Crippen molar-refractivity contribution in [2.24, 2.45) is 0 Å². The van der Waals surface area contributed by atoms with E-state index >= 15 is 0 Å². The fraction of sp³-hybridized carbons (Fsp3) is 0.192. The van der Waals surface area contributed by atoms with Crippen molar-refractivity contribution >= 4 is 17.5 Å². The molecule has 6 nitrogen and oxygen atoms in total. The highest BCUT2D eigenvalue weighted by molar-refractivity contribution is 6.31. The van der Waals surface area contributed by atoms with Gasteiger partial charge in [0.1, 0.15) is 24.2 Å². The summed E-state index contributed by atoms with van der Waals surface area (Å²) >= 11 is 6.16. The lowest BCUT2D eigenvalue weighted by atomic mass is 10.1. The first-order valence-electron chi connectivity index (χ1n) is 10.9. The number of carbonyl (C=O) groups excluding carboxylic acids is 1. The lowest BCUT2D eigenvalue weighted by Crippen LogP contribution is -2.28. The lowest BCUT2D eigenvalue weighted by Gasteiger charge is -2.22. The maximum Gasteiger partial charge on any atom is 0.249 e. The van der Waals surface area contributed by atoms with E-state index in [0.29, 0.717) is 31.2 Å². The van der Waals surface area contributed by atoms with E-state index in [1.807, 2.05) is 54.6 Å². The number of halogens is 2. The summed E-state index contributed by atoms with van der Waals surface area (Å²) in [6.45, 7) is 0.518. The van der Waals surface area contributed by atoms with Crippen molar-refractivity contribution in [2.75, 3.05) is 0 Å². The Morgan fingerprint density at radius 3 is 2.62 bits per heavy atom. The molecule has 0 bridgehead atoms. The first-order chi connectivity index (χ1) is 16.6. The molecule has 1 aromatic heterocycles. The monoisotopic (exact) mass is 477 g/mol. The van der Waals surface area contributed by atoms with Gasteiger partial charge >= 0.3 is 0 Å². The molecular weight excluding hydrogens is 457 g/mol. The smallest absolute Gasteiger partial charge is 0.249 e. The number of ether oxygens (including phenoxy) is 1. The van der Waals surface area contributed by atoms with Crippen LogP contribution < -0.4 is 4.74 Å². The molecule has 1 aliphatic rings. The first kappa shape index (κ1) is 22.1. The molecule has 1 fully saturated rings. The highest BCUT2D eigenvalue weighted by atomic mass is 35.5. The Morgan fingerprint density at radius 2 is 1.85 bits per heavy atom. The molecule has 1 aliphatic heterocycles. The van der Waals surface area contributed by atoms with Crippen molar-refractivity contribution in [1.82, 2.24) is 15.0 Å². The second-order valence-corrected chi connectivity index (χ2v) is 8.44. The Balaban J connectivity index is 1.29. The van der Waals surface area contributed by atoms with Crippen LogP contribution in [0.2, 0.25) is 5.02 Å². The number of amides is 1. The summed E-state index contributed by atoms with van der Waals surface area (Å²) in [5.41, 5.74) is 2.12. The fourth-order valence-electron chi connectivity index (χ4n) is 3.97. The third kappa shape index (κ3) is 4.65.